The molecular formula is C25H24ClN3O5. The fraction of sp³-hybridized carbons (Fsp3) is 0.280. The molecule has 1 fully saturated rings. The van der Waals surface area contributed by atoms with E-state index in [-0.39, 0.29) is 33.9 Å². The summed E-state index contributed by atoms with van der Waals surface area (Å²) in [4.78, 5) is 50.9. The molecule has 34 heavy (non-hydrogen) atoms. The predicted octanol–water partition coefficient (Wildman–Crippen LogP) is 3.97. The molecule has 0 unspecified atom stereocenters. The number of hydrogen-bond donors (Lipinski definition) is 2. The van der Waals surface area contributed by atoms with Crippen molar-refractivity contribution >= 4 is 46.7 Å². The third kappa shape index (κ3) is 4.82. The fourth-order valence-electron chi connectivity index (χ4n) is 4.10. The smallest absolute Gasteiger partial charge is 0.337 e. The van der Waals surface area contributed by atoms with Crippen LogP contribution in [0.3, 0.4) is 0 Å². The van der Waals surface area contributed by atoms with Gasteiger partial charge in [-0.25, -0.2) is 9.69 Å². The van der Waals surface area contributed by atoms with Gasteiger partial charge in [0.25, 0.3) is 17.7 Å². The number of hydrogen-bond acceptors (Lipinski definition) is 6. The normalized spacial score (nSPS) is 16.6. The van der Waals surface area contributed by atoms with Crippen LogP contribution in [0.5, 0.6) is 0 Å². The standard InChI is InChI=1S/C25H24ClN3O5/c1-34-25(33)16-6-5-9-19(14-16)29-23(31)20(26)21(24(29)32)27-18-12-10-15(11-13-18)22(30)28-17-7-3-2-4-8-17/h5-6,9-14,17,27H,2-4,7-8H2,1H3,(H,28,30). The summed E-state index contributed by atoms with van der Waals surface area (Å²) in [5, 5.41) is 5.67. The average Bonchev–Trinajstić information content (AvgIpc) is 3.07. The minimum absolute atomic E-state index is 0.0884. The molecule has 1 saturated carbocycles. The first-order valence-electron chi connectivity index (χ1n) is 11.0. The minimum atomic E-state index is -0.709. The lowest BCUT2D eigenvalue weighted by atomic mass is 9.95. The third-order valence-corrected chi connectivity index (χ3v) is 6.26. The summed E-state index contributed by atoms with van der Waals surface area (Å²) in [5.41, 5.74) is 1.30. The molecule has 0 aromatic heterocycles. The van der Waals surface area contributed by atoms with E-state index in [4.69, 9.17) is 16.3 Å². The maximum Gasteiger partial charge on any atom is 0.337 e. The molecular weight excluding hydrogens is 458 g/mol. The first-order chi connectivity index (χ1) is 16.4. The van der Waals surface area contributed by atoms with Crippen molar-refractivity contribution in [2.45, 2.75) is 38.1 Å². The monoisotopic (exact) mass is 481 g/mol. The number of imide groups is 1. The zero-order chi connectivity index (χ0) is 24.2. The maximum absolute atomic E-state index is 13.0. The number of methoxy groups -OCH3 is 1. The van der Waals surface area contributed by atoms with E-state index in [9.17, 15) is 19.2 Å². The molecule has 2 aromatic carbocycles. The molecule has 1 aliphatic carbocycles. The zero-order valence-corrected chi connectivity index (χ0v) is 19.4. The predicted molar refractivity (Wildman–Crippen MR) is 128 cm³/mol. The van der Waals surface area contributed by atoms with Crippen LogP contribution in [0.4, 0.5) is 11.4 Å². The van der Waals surface area contributed by atoms with Gasteiger partial charge in [0.15, 0.2) is 0 Å². The molecule has 8 nitrogen and oxygen atoms in total. The van der Waals surface area contributed by atoms with E-state index in [0.29, 0.717) is 11.3 Å². The first kappa shape index (κ1) is 23.5. The Morgan fingerprint density at radius 1 is 0.971 bits per heavy atom. The van der Waals surface area contributed by atoms with Crippen LogP contribution in [-0.4, -0.2) is 36.8 Å². The van der Waals surface area contributed by atoms with Gasteiger partial charge in [0.05, 0.1) is 18.4 Å². The highest BCUT2D eigenvalue weighted by Gasteiger charge is 2.39. The van der Waals surface area contributed by atoms with Gasteiger partial charge in [-0.15, -0.1) is 0 Å². The molecule has 0 atom stereocenters. The van der Waals surface area contributed by atoms with E-state index in [1.165, 1.54) is 31.7 Å². The molecule has 0 bridgehead atoms. The maximum atomic E-state index is 13.0. The van der Waals surface area contributed by atoms with Gasteiger partial charge in [0.1, 0.15) is 10.7 Å². The molecule has 1 heterocycles. The van der Waals surface area contributed by atoms with Crippen molar-refractivity contribution in [3.05, 3.63) is 70.4 Å². The molecule has 0 radical (unpaired) electrons. The van der Waals surface area contributed by atoms with Crippen LogP contribution >= 0.6 is 11.6 Å². The highest BCUT2D eigenvalue weighted by molar-refractivity contribution is 6.53. The fourth-order valence-corrected chi connectivity index (χ4v) is 4.31. The molecule has 0 spiro atoms. The van der Waals surface area contributed by atoms with E-state index in [1.807, 2.05) is 0 Å². The summed E-state index contributed by atoms with van der Waals surface area (Å²) >= 11 is 6.19. The number of nitrogens with zero attached hydrogens (tertiary/aromatic N) is 1. The van der Waals surface area contributed by atoms with Gasteiger partial charge in [-0.05, 0) is 55.3 Å². The van der Waals surface area contributed by atoms with Crippen molar-refractivity contribution in [2.24, 2.45) is 0 Å². The highest BCUT2D eigenvalue weighted by atomic mass is 35.5. The van der Waals surface area contributed by atoms with Gasteiger partial charge in [0.2, 0.25) is 0 Å². The van der Waals surface area contributed by atoms with Gasteiger partial charge in [-0.3, -0.25) is 14.4 Å². The van der Waals surface area contributed by atoms with Crippen molar-refractivity contribution in [3.63, 3.8) is 0 Å². The van der Waals surface area contributed by atoms with Crippen molar-refractivity contribution in [3.8, 4) is 0 Å². The number of ether oxygens (including phenoxy) is 1. The lowest BCUT2D eigenvalue weighted by Crippen LogP contribution is -2.36. The second-order valence-corrected chi connectivity index (χ2v) is 8.57. The van der Waals surface area contributed by atoms with E-state index in [1.54, 1.807) is 30.3 Å². The Morgan fingerprint density at radius 2 is 1.68 bits per heavy atom. The second-order valence-electron chi connectivity index (χ2n) is 8.19. The van der Waals surface area contributed by atoms with Crippen LogP contribution < -0.4 is 15.5 Å². The van der Waals surface area contributed by atoms with Crippen molar-refractivity contribution in [1.82, 2.24) is 5.32 Å². The number of halogens is 1. The van der Waals surface area contributed by atoms with E-state index < -0.39 is 17.8 Å². The number of anilines is 2. The Bertz CT molecular complexity index is 1170. The lowest BCUT2D eigenvalue weighted by Gasteiger charge is -2.22. The summed E-state index contributed by atoms with van der Waals surface area (Å²) < 4.78 is 4.69. The third-order valence-electron chi connectivity index (χ3n) is 5.91. The van der Waals surface area contributed by atoms with Gasteiger partial charge in [-0.1, -0.05) is 36.9 Å². The zero-order valence-electron chi connectivity index (χ0n) is 18.6. The van der Waals surface area contributed by atoms with E-state index in [0.717, 1.165) is 30.6 Å². The Kier molecular flexibility index (Phi) is 6.98. The SMILES string of the molecule is COC(=O)c1cccc(N2C(=O)C(Cl)=C(Nc3ccc(C(=O)NC4CCCCC4)cc3)C2=O)c1. The molecule has 2 aromatic rings. The van der Waals surface area contributed by atoms with Crippen LogP contribution in [0.15, 0.2) is 59.3 Å². The first-order valence-corrected chi connectivity index (χ1v) is 11.4. The number of rotatable bonds is 6. The Labute approximate surface area is 201 Å². The van der Waals surface area contributed by atoms with Crippen LogP contribution in [-0.2, 0) is 14.3 Å². The second kappa shape index (κ2) is 10.1. The summed E-state index contributed by atoms with van der Waals surface area (Å²) in [6, 6.07) is 12.7. The number of amides is 3. The number of carbonyl (C=O) groups is 4. The molecule has 4 rings (SSSR count). The van der Waals surface area contributed by atoms with E-state index >= 15 is 0 Å². The van der Waals surface area contributed by atoms with Gasteiger partial charge >= 0.3 is 5.97 Å². The minimum Gasteiger partial charge on any atom is -0.465 e. The Balaban J connectivity index is 1.46. The van der Waals surface area contributed by atoms with Crippen molar-refractivity contribution < 1.29 is 23.9 Å². The Hall–Kier alpha value is -3.65. The lowest BCUT2D eigenvalue weighted by molar-refractivity contribution is -0.120. The largest absolute Gasteiger partial charge is 0.465 e. The quantitative estimate of drug-likeness (QED) is 0.478. The van der Waals surface area contributed by atoms with Crippen molar-refractivity contribution in [1.29, 1.82) is 0 Å². The van der Waals surface area contributed by atoms with Crippen LogP contribution in [0.1, 0.15) is 52.8 Å². The number of esters is 1. The summed E-state index contributed by atoms with van der Waals surface area (Å²) in [6.45, 7) is 0. The van der Waals surface area contributed by atoms with Gasteiger partial charge < -0.3 is 15.4 Å². The molecule has 9 heteroatoms. The van der Waals surface area contributed by atoms with Crippen LogP contribution in [0.2, 0.25) is 0 Å². The topological polar surface area (TPSA) is 105 Å². The molecule has 1 aliphatic heterocycles. The molecule has 0 saturated heterocycles. The average molecular weight is 482 g/mol. The summed E-state index contributed by atoms with van der Waals surface area (Å²) in [5.74, 6) is -2.10. The summed E-state index contributed by atoms with van der Waals surface area (Å²) in [6.07, 6.45) is 5.45. The molecule has 3 amide bonds. The Morgan fingerprint density at radius 3 is 2.35 bits per heavy atom. The van der Waals surface area contributed by atoms with Gasteiger partial charge in [-0.2, -0.15) is 0 Å². The molecule has 2 N–H and O–H groups in total. The van der Waals surface area contributed by atoms with Gasteiger partial charge in [0, 0.05) is 17.3 Å². The van der Waals surface area contributed by atoms with Crippen LogP contribution in [0, 0.1) is 0 Å². The number of carbonyl (C=O) groups excluding carboxylic acids is 4. The summed E-state index contributed by atoms with van der Waals surface area (Å²) in [7, 11) is 1.24. The molecule has 176 valence electrons. The number of benzene rings is 2. The molecule has 2 aliphatic rings. The highest BCUT2D eigenvalue weighted by Crippen LogP contribution is 2.30. The van der Waals surface area contributed by atoms with E-state index in [2.05, 4.69) is 10.6 Å². The van der Waals surface area contributed by atoms with Crippen LogP contribution in [0.25, 0.3) is 0 Å². The number of nitrogens with one attached hydrogen (secondary N) is 2. The van der Waals surface area contributed by atoms with Crippen molar-refractivity contribution in [2.75, 3.05) is 17.3 Å².